The number of benzene rings is 2. The Bertz CT molecular complexity index is 738. The number of halogens is 2. The third kappa shape index (κ3) is 5.07. The van der Waals surface area contributed by atoms with Crippen LogP contribution in [0.1, 0.15) is 6.92 Å². The molecule has 23 heavy (non-hydrogen) atoms. The summed E-state index contributed by atoms with van der Waals surface area (Å²) in [5, 5.41) is 4.90. The van der Waals surface area contributed by atoms with Gasteiger partial charge in [0.1, 0.15) is 11.6 Å². The van der Waals surface area contributed by atoms with Crippen molar-refractivity contribution in [3.8, 4) is 0 Å². The van der Waals surface area contributed by atoms with Gasteiger partial charge in [0.15, 0.2) is 0 Å². The topological polar surface area (TPSA) is 58.2 Å². The molecule has 0 spiro atoms. The number of carbonyl (C=O) groups excluding carboxylic acids is 2. The van der Waals surface area contributed by atoms with Crippen molar-refractivity contribution in [1.29, 1.82) is 0 Å². The van der Waals surface area contributed by atoms with E-state index in [0.29, 0.717) is 10.6 Å². The second-order valence-corrected chi connectivity index (χ2v) is 5.66. The first-order valence-corrected chi connectivity index (χ1v) is 7.68. The molecule has 0 aliphatic heterocycles. The van der Waals surface area contributed by atoms with Gasteiger partial charge in [-0.2, -0.15) is 0 Å². The van der Waals surface area contributed by atoms with Crippen molar-refractivity contribution in [3.05, 3.63) is 54.1 Å². The molecule has 2 aromatic rings. The van der Waals surface area contributed by atoms with Crippen LogP contribution in [0.3, 0.4) is 0 Å². The van der Waals surface area contributed by atoms with Gasteiger partial charge in [-0.15, -0.1) is 11.8 Å². The highest BCUT2D eigenvalue weighted by molar-refractivity contribution is 8.00. The van der Waals surface area contributed by atoms with Gasteiger partial charge in [-0.25, -0.2) is 8.78 Å². The van der Waals surface area contributed by atoms with Gasteiger partial charge in [0.05, 0.1) is 11.4 Å². The van der Waals surface area contributed by atoms with Gasteiger partial charge in [0.25, 0.3) is 0 Å². The van der Waals surface area contributed by atoms with Crippen molar-refractivity contribution in [1.82, 2.24) is 0 Å². The van der Waals surface area contributed by atoms with E-state index in [1.165, 1.54) is 25.1 Å². The highest BCUT2D eigenvalue weighted by Crippen LogP contribution is 2.23. The van der Waals surface area contributed by atoms with Crippen molar-refractivity contribution in [2.24, 2.45) is 0 Å². The van der Waals surface area contributed by atoms with E-state index in [9.17, 15) is 18.4 Å². The van der Waals surface area contributed by atoms with Crippen LogP contribution in [0.15, 0.2) is 47.4 Å². The number of thioether (sulfide) groups is 1. The van der Waals surface area contributed by atoms with Crippen LogP contribution in [0, 0.1) is 11.6 Å². The zero-order valence-corrected chi connectivity index (χ0v) is 13.0. The fourth-order valence-electron chi connectivity index (χ4n) is 1.79. The quantitative estimate of drug-likeness (QED) is 0.820. The Morgan fingerprint density at radius 1 is 1.04 bits per heavy atom. The van der Waals surface area contributed by atoms with E-state index in [2.05, 4.69) is 10.6 Å². The van der Waals surface area contributed by atoms with Crippen LogP contribution >= 0.6 is 11.8 Å². The van der Waals surface area contributed by atoms with Crippen LogP contribution in [0.25, 0.3) is 0 Å². The second-order valence-electron chi connectivity index (χ2n) is 4.64. The first-order valence-electron chi connectivity index (χ1n) is 6.70. The van der Waals surface area contributed by atoms with Crippen molar-refractivity contribution < 1.29 is 18.4 Å². The molecule has 2 N–H and O–H groups in total. The molecule has 0 saturated heterocycles. The predicted molar refractivity (Wildman–Crippen MR) is 86.5 cm³/mol. The third-order valence-electron chi connectivity index (χ3n) is 2.76. The van der Waals surface area contributed by atoms with Gasteiger partial charge in [-0.1, -0.05) is 12.1 Å². The summed E-state index contributed by atoms with van der Waals surface area (Å²) in [6.07, 6.45) is 0. The molecule has 0 aromatic heterocycles. The largest absolute Gasteiger partial charge is 0.326 e. The standard InChI is InChI=1S/C16H14F2N2O2S/c1-10(21)19-11-6-7-12(17)14(8-11)20-16(22)9-23-15-5-3-2-4-13(15)18/h2-8H,9H2,1H3,(H,19,21)(H,20,22). The smallest absolute Gasteiger partial charge is 0.234 e. The molecular formula is C16H14F2N2O2S. The van der Waals surface area contributed by atoms with E-state index in [1.54, 1.807) is 18.2 Å². The number of rotatable bonds is 5. The molecule has 0 aliphatic carbocycles. The zero-order chi connectivity index (χ0) is 16.8. The van der Waals surface area contributed by atoms with Gasteiger partial charge < -0.3 is 10.6 Å². The fourth-order valence-corrected chi connectivity index (χ4v) is 2.53. The van der Waals surface area contributed by atoms with Crippen LogP contribution in [0.5, 0.6) is 0 Å². The molecule has 0 saturated carbocycles. The molecule has 0 atom stereocenters. The van der Waals surface area contributed by atoms with E-state index < -0.39 is 17.5 Å². The SMILES string of the molecule is CC(=O)Nc1ccc(F)c(NC(=O)CSc2ccccc2F)c1. The van der Waals surface area contributed by atoms with E-state index in [0.717, 1.165) is 17.8 Å². The Kier molecular flexibility index (Phi) is 5.70. The Hall–Kier alpha value is -2.41. The number of amides is 2. The summed E-state index contributed by atoms with van der Waals surface area (Å²) in [4.78, 5) is 23.2. The maximum Gasteiger partial charge on any atom is 0.234 e. The van der Waals surface area contributed by atoms with Crippen molar-refractivity contribution in [2.75, 3.05) is 16.4 Å². The molecule has 2 rings (SSSR count). The molecule has 2 aromatic carbocycles. The molecule has 0 aliphatic rings. The Labute approximate surface area is 136 Å². The van der Waals surface area contributed by atoms with Gasteiger partial charge in [0.2, 0.25) is 11.8 Å². The lowest BCUT2D eigenvalue weighted by atomic mass is 10.2. The zero-order valence-electron chi connectivity index (χ0n) is 12.2. The highest BCUT2D eigenvalue weighted by atomic mass is 32.2. The lowest BCUT2D eigenvalue weighted by Crippen LogP contribution is -2.15. The molecule has 0 fully saturated rings. The summed E-state index contributed by atoms with van der Waals surface area (Å²) >= 11 is 1.02. The summed E-state index contributed by atoms with van der Waals surface area (Å²) < 4.78 is 27.2. The second kappa shape index (κ2) is 7.73. The van der Waals surface area contributed by atoms with Gasteiger partial charge in [-0.3, -0.25) is 9.59 Å². The summed E-state index contributed by atoms with van der Waals surface area (Å²) in [6.45, 7) is 1.33. The lowest BCUT2D eigenvalue weighted by molar-refractivity contribution is -0.114. The van der Waals surface area contributed by atoms with Crippen molar-refractivity contribution in [3.63, 3.8) is 0 Å². The summed E-state index contributed by atoms with van der Waals surface area (Å²) in [6, 6.07) is 9.94. The first-order chi connectivity index (χ1) is 11.0. The van der Waals surface area contributed by atoms with Crippen LogP contribution in [0.4, 0.5) is 20.2 Å². The van der Waals surface area contributed by atoms with Gasteiger partial charge in [0, 0.05) is 17.5 Å². The minimum absolute atomic E-state index is 0.0459. The normalized spacial score (nSPS) is 10.2. The molecule has 4 nitrogen and oxygen atoms in total. The molecule has 120 valence electrons. The van der Waals surface area contributed by atoms with Crippen molar-refractivity contribution in [2.45, 2.75) is 11.8 Å². The number of hydrogen-bond acceptors (Lipinski definition) is 3. The van der Waals surface area contributed by atoms with Crippen molar-refractivity contribution >= 4 is 35.0 Å². The van der Waals surface area contributed by atoms with Gasteiger partial charge in [-0.05, 0) is 30.3 Å². The Balaban J connectivity index is 1.99. The number of carbonyl (C=O) groups is 2. The van der Waals surface area contributed by atoms with E-state index >= 15 is 0 Å². The molecule has 2 amide bonds. The molecule has 0 unspecified atom stereocenters. The van der Waals surface area contributed by atoms with Gasteiger partial charge >= 0.3 is 0 Å². The lowest BCUT2D eigenvalue weighted by Gasteiger charge is -2.09. The van der Waals surface area contributed by atoms with Crippen LogP contribution in [0.2, 0.25) is 0 Å². The average Bonchev–Trinajstić information content (AvgIpc) is 2.49. The number of hydrogen-bond donors (Lipinski definition) is 2. The summed E-state index contributed by atoms with van der Waals surface area (Å²) in [5.74, 6) is -1.88. The molecule has 0 bridgehead atoms. The van der Waals surface area contributed by atoms with Crippen LogP contribution < -0.4 is 10.6 Å². The third-order valence-corrected chi connectivity index (χ3v) is 3.80. The minimum Gasteiger partial charge on any atom is -0.326 e. The van der Waals surface area contributed by atoms with Crippen LogP contribution in [-0.2, 0) is 9.59 Å². The number of anilines is 2. The summed E-state index contributed by atoms with van der Waals surface area (Å²) in [7, 11) is 0. The average molecular weight is 336 g/mol. The molecule has 0 radical (unpaired) electrons. The van der Waals surface area contributed by atoms with Crippen LogP contribution in [-0.4, -0.2) is 17.6 Å². The molecular weight excluding hydrogens is 322 g/mol. The van der Waals surface area contributed by atoms with E-state index in [4.69, 9.17) is 0 Å². The predicted octanol–water partition coefficient (Wildman–Crippen LogP) is 3.65. The monoisotopic (exact) mass is 336 g/mol. The van der Waals surface area contributed by atoms with E-state index in [-0.39, 0.29) is 17.3 Å². The number of nitrogens with one attached hydrogen (secondary N) is 2. The maximum atomic E-state index is 13.7. The van der Waals surface area contributed by atoms with E-state index in [1.807, 2.05) is 0 Å². The maximum absolute atomic E-state index is 13.7. The minimum atomic E-state index is -0.622. The molecule has 0 heterocycles. The summed E-state index contributed by atoms with van der Waals surface area (Å²) in [5.41, 5.74) is 0.325. The Morgan fingerprint density at radius 3 is 2.48 bits per heavy atom. The molecule has 7 heteroatoms. The Morgan fingerprint density at radius 2 is 1.78 bits per heavy atom. The highest BCUT2D eigenvalue weighted by Gasteiger charge is 2.10. The first kappa shape index (κ1) is 17.0. The fraction of sp³-hybridized carbons (Fsp3) is 0.125.